The van der Waals surface area contributed by atoms with Gasteiger partial charge < -0.3 is 5.11 Å². The summed E-state index contributed by atoms with van der Waals surface area (Å²) in [5.74, 6) is 0.572. The molecule has 2 nitrogen and oxygen atoms in total. The topological polar surface area (TPSA) is 37.3 Å². The van der Waals surface area contributed by atoms with Crippen LogP contribution >= 0.6 is 11.8 Å². The molecule has 1 aromatic carbocycles. The Morgan fingerprint density at radius 2 is 1.89 bits per heavy atom. The first-order valence-corrected chi connectivity index (χ1v) is 7.60. The van der Waals surface area contributed by atoms with Gasteiger partial charge in [0.15, 0.2) is 0 Å². The van der Waals surface area contributed by atoms with Gasteiger partial charge >= 0.3 is 5.97 Å². The Morgan fingerprint density at radius 1 is 1.22 bits per heavy atom. The van der Waals surface area contributed by atoms with Gasteiger partial charge in [0.05, 0.1) is 6.42 Å². The summed E-state index contributed by atoms with van der Waals surface area (Å²) in [6.45, 7) is 4.27. The highest BCUT2D eigenvalue weighted by molar-refractivity contribution is 7.99. The van der Waals surface area contributed by atoms with E-state index in [0.29, 0.717) is 0 Å². The standard InChI is InChI=1S/C15H22O2S/c1-3-5-13(11-15(16)17)12-6-8-14(9-7-12)18-10-4-2/h6-9,13H,3-5,10-11H2,1-2H3,(H,16,17). The van der Waals surface area contributed by atoms with Gasteiger partial charge in [-0.2, -0.15) is 0 Å². The Kier molecular flexibility index (Phi) is 6.88. The third-order valence-corrected chi connectivity index (χ3v) is 4.10. The number of carbonyl (C=O) groups is 1. The largest absolute Gasteiger partial charge is 0.481 e. The van der Waals surface area contributed by atoms with Crippen LogP contribution in [0.5, 0.6) is 0 Å². The maximum atomic E-state index is 10.9. The average molecular weight is 266 g/mol. The lowest BCUT2D eigenvalue weighted by atomic mass is 9.91. The van der Waals surface area contributed by atoms with Crippen LogP contribution in [0, 0.1) is 0 Å². The predicted octanol–water partition coefficient (Wildman–Crippen LogP) is 4.55. The van der Waals surface area contributed by atoms with Crippen molar-refractivity contribution in [1.29, 1.82) is 0 Å². The molecule has 1 unspecified atom stereocenters. The first-order valence-electron chi connectivity index (χ1n) is 6.61. The monoisotopic (exact) mass is 266 g/mol. The fourth-order valence-electron chi connectivity index (χ4n) is 2.00. The number of aliphatic carboxylic acids is 1. The van der Waals surface area contributed by atoms with Crippen LogP contribution in [0.2, 0.25) is 0 Å². The molecule has 18 heavy (non-hydrogen) atoms. The van der Waals surface area contributed by atoms with E-state index in [9.17, 15) is 4.79 Å². The molecule has 100 valence electrons. The molecule has 0 aliphatic rings. The lowest BCUT2D eigenvalue weighted by molar-refractivity contribution is -0.137. The Balaban J connectivity index is 2.70. The third kappa shape index (κ3) is 5.13. The zero-order valence-corrected chi connectivity index (χ0v) is 12.0. The first-order chi connectivity index (χ1) is 8.67. The number of thioether (sulfide) groups is 1. The van der Waals surface area contributed by atoms with Crippen molar-refractivity contribution >= 4 is 17.7 Å². The third-order valence-electron chi connectivity index (χ3n) is 2.88. The number of carboxylic acids is 1. The van der Waals surface area contributed by atoms with Crippen molar-refractivity contribution in [2.24, 2.45) is 0 Å². The highest BCUT2D eigenvalue weighted by Crippen LogP contribution is 2.27. The first kappa shape index (κ1) is 15.1. The average Bonchev–Trinajstić information content (AvgIpc) is 2.36. The minimum Gasteiger partial charge on any atom is -0.481 e. The molecule has 1 rings (SSSR count). The van der Waals surface area contributed by atoms with E-state index in [4.69, 9.17) is 5.11 Å². The molecular weight excluding hydrogens is 244 g/mol. The highest BCUT2D eigenvalue weighted by Gasteiger charge is 2.14. The summed E-state index contributed by atoms with van der Waals surface area (Å²) in [5, 5.41) is 8.94. The Morgan fingerprint density at radius 3 is 2.39 bits per heavy atom. The molecule has 0 radical (unpaired) electrons. The quantitative estimate of drug-likeness (QED) is 0.701. The van der Waals surface area contributed by atoms with Crippen molar-refractivity contribution in [3.8, 4) is 0 Å². The van der Waals surface area contributed by atoms with E-state index < -0.39 is 5.97 Å². The van der Waals surface area contributed by atoms with Crippen molar-refractivity contribution in [3.05, 3.63) is 29.8 Å². The molecule has 0 aliphatic carbocycles. The molecule has 1 atom stereocenters. The van der Waals surface area contributed by atoms with E-state index in [1.807, 2.05) is 11.8 Å². The second-order valence-corrected chi connectivity index (χ2v) is 5.67. The van der Waals surface area contributed by atoms with E-state index in [0.717, 1.165) is 24.2 Å². The second-order valence-electron chi connectivity index (χ2n) is 4.50. The fraction of sp³-hybridized carbons (Fsp3) is 0.533. The summed E-state index contributed by atoms with van der Waals surface area (Å²) >= 11 is 1.85. The zero-order valence-electron chi connectivity index (χ0n) is 11.2. The second kappa shape index (κ2) is 8.20. The number of hydrogen-bond donors (Lipinski definition) is 1. The molecular formula is C15H22O2S. The van der Waals surface area contributed by atoms with Gasteiger partial charge in [0.1, 0.15) is 0 Å². The maximum absolute atomic E-state index is 10.9. The van der Waals surface area contributed by atoms with Crippen LogP contribution in [-0.2, 0) is 4.79 Å². The molecule has 0 amide bonds. The van der Waals surface area contributed by atoms with Crippen LogP contribution in [-0.4, -0.2) is 16.8 Å². The SMILES string of the molecule is CCCSc1ccc(C(CCC)CC(=O)O)cc1. The van der Waals surface area contributed by atoms with Gasteiger partial charge in [-0.1, -0.05) is 32.4 Å². The van der Waals surface area contributed by atoms with Crippen LogP contribution in [0.15, 0.2) is 29.2 Å². The van der Waals surface area contributed by atoms with Crippen LogP contribution in [0.4, 0.5) is 0 Å². The lowest BCUT2D eigenvalue weighted by Gasteiger charge is -2.14. The van der Waals surface area contributed by atoms with Crippen LogP contribution in [0.3, 0.4) is 0 Å². The molecule has 0 heterocycles. The van der Waals surface area contributed by atoms with E-state index in [1.54, 1.807) is 0 Å². The molecule has 0 aromatic heterocycles. The Labute approximate surface area is 114 Å². The van der Waals surface area contributed by atoms with Crippen LogP contribution in [0.25, 0.3) is 0 Å². The van der Waals surface area contributed by atoms with Gasteiger partial charge in [0, 0.05) is 4.90 Å². The fourth-order valence-corrected chi connectivity index (χ4v) is 2.77. The van der Waals surface area contributed by atoms with E-state index in [1.165, 1.54) is 11.3 Å². The van der Waals surface area contributed by atoms with Crippen LogP contribution < -0.4 is 0 Å². The Bertz CT molecular complexity index is 359. The number of hydrogen-bond acceptors (Lipinski definition) is 2. The molecule has 0 bridgehead atoms. The van der Waals surface area contributed by atoms with Crippen molar-refractivity contribution in [1.82, 2.24) is 0 Å². The maximum Gasteiger partial charge on any atom is 0.303 e. The van der Waals surface area contributed by atoms with Gasteiger partial charge in [-0.3, -0.25) is 4.79 Å². The van der Waals surface area contributed by atoms with Gasteiger partial charge in [-0.25, -0.2) is 0 Å². The molecule has 0 spiro atoms. The zero-order chi connectivity index (χ0) is 13.4. The minimum absolute atomic E-state index is 0.151. The number of rotatable bonds is 8. The minimum atomic E-state index is -0.710. The molecule has 0 fully saturated rings. The summed E-state index contributed by atoms with van der Waals surface area (Å²) < 4.78 is 0. The summed E-state index contributed by atoms with van der Waals surface area (Å²) in [7, 11) is 0. The van der Waals surface area contributed by atoms with Gasteiger partial charge in [-0.05, 0) is 42.2 Å². The van der Waals surface area contributed by atoms with Gasteiger partial charge in [-0.15, -0.1) is 11.8 Å². The molecule has 0 aliphatic heterocycles. The number of carboxylic acid groups (broad SMARTS) is 1. The molecule has 3 heteroatoms. The highest BCUT2D eigenvalue weighted by atomic mass is 32.2. The number of benzene rings is 1. The normalized spacial score (nSPS) is 12.3. The van der Waals surface area contributed by atoms with Crippen molar-refractivity contribution < 1.29 is 9.90 Å². The van der Waals surface area contributed by atoms with E-state index >= 15 is 0 Å². The summed E-state index contributed by atoms with van der Waals surface area (Å²) in [6, 6.07) is 8.39. The Hall–Kier alpha value is -0.960. The lowest BCUT2D eigenvalue weighted by Crippen LogP contribution is -2.06. The van der Waals surface area contributed by atoms with Gasteiger partial charge in [0.2, 0.25) is 0 Å². The molecule has 1 aromatic rings. The van der Waals surface area contributed by atoms with Gasteiger partial charge in [0.25, 0.3) is 0 Å². The summed E-state index contributed by atoms with van der Waals surface area (Å²) in [4.78, 5) is 12.1. The van der Waals surface area contributed by atoms with Crippen LogP contribution in [0.1, 0.15) is 51.0 Å². The van der Waals surface area contributed by atoms with Crippen molar-refractivity contribution in [2.45, 2.75) is 50.3 Å². The summed E-state index contributed by atoms with van der Waals surface area (Å²) in [5.41, 5.74) is 1.15. The predicted molar refractivity (Wildman–Crippen MR) is 77.4 cm³/mol. The molecule has 1 N–H and O–H groups in total. The molecule has 0 saturated heterocycles. The van der Waals surface area contributed by atoms with E-state index in [-0.39, 0.29) is 12.3 Å². The van der Waals surface area contributed by atoms with E-state index in [2.05, 4.69) is 38.1 Å². The smallest absolute Gasteiger partial charge is 0.303 e. The van der Waals surface area contributed by atoms with Crippen molar-refractivity contribution in [3.63, 3.8) is 0 Å². The summed E-state index contributed by atoms with van der Waals surface area (Å²) in [6.07, 6.45) is 3.36. The van der Waals surface area contributed by atoms with Crippen molar-refractivity contribution in [2.75, 3.05) is 5.75 Å². The molecule has 0 saturated carbocycles.